The Balaban J connectivity index is 2.09. The molecule has 0 bridgehead atoms. The standard InChI is InChI=1S/C28H32N4O6S/c1-20-10-8-9-13-23(20)18-30(26(28(34)29-3)16-22-11-6-5-7-12-22)27(33)19-31(39(4,37)38)25-17-24(32(35)36)15-14-21(25)2/h5-15,17,26H,16,18-19H2,1-4H3,(H,29,34)/t26-/m0/s1. The minimum Gasteiger partial charge on any atom is -0.357 e. The zero-order valence-electron chi connectivity index (χ0n) is 22.3. The number of anilines is 1. The average Bonchev–Trinajstić information content (AvgIpc) is 2.90. The highest BCUT2D eigenvalue weighted by molar-refractivity contribution is 7.92. The van der Waals surface area contributed by atoms with Crippen molar-refractivity contribution in [3.63, 3.8) is 0 Å². The van der Waals surface area contributed by atoms with Crippen molar-refractivity contribution in [2.45, 2.75) is 32.9 Å². The third kappa shape index (κ3) is 7.41. The van der Waals surface area contributed by atoms with E-state index in [-0.39, 0.29) is 24.3 Å². The maximum Gasteiger partial charge on any atom is 0.271 e. The van der Waals surface area contributed by atoms with E-state index in [1.807, 2.05) is 61.5 Å². The molecule has 0 aromatic heterocycles. The molecule has 2 amide bonds. The van der Waals surface area contributed by atoms with Crippen LogP contribution < -0.4 is 9.62 Å². The first-order valence-electron chi connectivity index (χ1n) is 12.2. The summed E-state index contributed by atoms with van der Waals surface area (Å²) in [4.78, 5) is 39.3. The lowest BCUT2D eigenvalue weighted by Crippen LogP contribution is -2.53. The summed E-state index contributed by atoms with van der Waals surface area (Å²) in [5, 5.41) is 14.0. The van der Waals surface area contributed by atoms with Crippen molar-refractivity contribution in [1.29, 1.82) is 0 Å². The van der Waals surface area contributed by atoms with Crippen molar-refractivity contribution in [2.24, 2.45) is 0 Å². The number of amides is 2. The molecule has 3 aromatic carbocycles. The summed E-state index contributed by atoms with van der Waals surface area (Å²) >= 11 is 0. The molecule has 1 N–H and O–H groups in total. The van der Waals surface area contributed by atoms with Crippen LogP contribution in [0.3, 0.4) is 0 Å². The lowest BCUT2D eigenvalue weighted by atomic mass is 10.0. The molecule has 0 heterocycles. The zero-order chi connectivity index (χ0) is 28.7. The van der Waals surface area contributed by atoms with Crippen LogP contribution in [0.1, 0.15) is 22.3 Å². The third-order valence-corrected chi connectivity index (χ3v) is 7.60. The molecule has 0 aliphatic carbocycles. The average molecular weight is 553 g/mol. The van der Waals surface area contributed by atoms with E-state index in [1.54, 1.807) is 6.92 Å². The molecule has 206 valence electrons. The summed E-state index contributed by atoms with van der Waals surface area (Å²) in [6, 6.07) is 19.5. The van der Waals surface area contributed by atoms with Crippen molar-refractivity contribution in [1.82, 2.24) is 10.2 Å². The lowest BCUT2D eigenvalue weighted by molar-refractivity contribution is -0.384. The summed E-state index contributed by atoms with van der Waals surface area (Å²) < 4.78 is 26.6. The molecule has 0 aliphatic rings. The van der Waals surface area contributed by atoms with Gasteiger partial charge in [0.05, 0.1) is 16.9 Å². The molecule has 0 fully saturated rings. The molecule has 0 radical (unpaired) electrons. The van der Waals surface area contributed by atoms with Gasteiger partial charge in [-0.1, -0.05) is 60.7 Å². The van der Waals surface area contributed by atoms with Gasteiger partial charge in [-0.3, -0.25) is 24.0 Å². The third-order valence-electron chi connectivity index (χ3n) is 6.47. The lowest BCUT2D eigenvalue weighted by Gasteiger charge is -2.33. The number of non-ortho nitro benzene ring substituents is 1. The Morgan fingerprint density at radius 2 is 1.62 bits per heavy atom. The molecule has 1 atom stereocenters. The van der Waals surface area contributed by atoms with Crippen LogP contribution >= 0.6 is 0 Å². The number of nitrogens with one attached hydrogen (secondary N) is 1. The van der Waals surface area contributed by atoms with E-state index in [4.69, 9.17) is 0 Å². The zero-order valence-corrected chi connectivity index (χ0v) is 23.1. The van der Waals surface area contributed by atoms with Gasteiger partial charge in [0.15, 0.2) is 0 Å². The molecule has 39 heavy (non-hydrogen) atoms. The SMILES string of the molecule is CNC(=O)[C@H](Cc1ccccc1)N(Cc1ccccc1C)C(=O)CN(c1cc([N+](=O)[O-])ccc1C)S(C)(=O)=O. The molecule has 0 spiro atoms. The van der Waals surface area contributed by atoms with Gasteiger partial charge in [-0.2, -0.15) is 0 Å². The minimum absolute atomic E-state index is 0.0236. The number of nitro benzene ring substituents is 1. The number of carbonyl (C=O) groups is 2. The Morgan fingerprint density at radius 3 is 2.21 bits per heavy atom. The number of aryl methyl sites for hydroxylation is 2. The first-order chi connectivity index (χ1) is 18.4. The van der Waals surface area contributed by atoms with Crippen LogP contribution in [-0.2, 0) is 32.6 Å². The minimum atomic E-state index is -4.04. The summed E-state index contributed by atoms with van der Waals surface area (Å²) in [6.45, 7) is 2.91. The quantitative estimate of drug-likeness (QED) is 0.287. The summed E-state index contributed by atoms with van der Waals surface area (Å²) in [5.74, 6) is -1.03. The first-order valence-corrected chi connectivity index (χ1v) is 14.1. The number of carbonyl (C=O) groups excluding carboxylic acids is 2. The van der Waals surface area contributed by atoms with Crippen LogP contribution in [0.15, 0.2) is 72.8 Å². The molecule has 3 aromatic rings. The number of hydrogen-bond acceptors (Lipinski definition) is 6. The fourth-order valence-corrected chi connectivity index (χ4v) is 5.17. The molecular weight excluding hydrogens is 520 g/mol. The van der Waals surface area contributed by atoms with Crippen molar-refractivity contribution in [3.05, 3.63) is 105 Å². The van der Waals surface area contributed by atoms with Crippen molar-refractivity contribution in [3.8, 4) is 0 Å². The van der Waals surface area contributed by atoms with Gasteiger partial charge in [0.2, 0.25) is 21.8 Å². The van der Waals surface area contributed by atoms with Gasteiger partial charge in [0, 0.05) is 32.1 Å². The van der Waals surface area contributed by atoms with Crippen LogP contribution in [0.25, 0.3) is 0 Å². The maximum absolute atomic E-state index is 14.0. The van der Waals surface area contributed by atoms with E-state index >= 15 is 0 Å². The largest absolute Gasteiger partial charge is 0.357 e. The normalized spacial score (nSPS) is 11.9. The van der Waals surface area contributed by atoms with Crippen molar-refractivity contribution in [2.75, 3.05) is 24.2 Å². The number of nitro groups is 1. The molecular formula is C28H32N4O6S. The van der Waals surface area contributed by atoms with Crippen molar-refractivity contribution >= 4 is 33.2 Å². The van der Waals surface area contributed by atoms with Gasteiger partial charge >= 0.3 is 0 Å². The summed E-state index contributed by atoms with van der Waals surface area (Å²) in [5.41, 5.74) is 2.68. The van der Waals surface area contributed by atoms with E-state index in [1.165, 1.54) is 24.1 Å². The van der Waals surface area contributed by atoms with Crippen LogP contribution in [-0.4, -0.2) is 55.9 Å². The van der Waals surface area contributed by atoms with Gasteiger partial charge in [0.1, 0.15) is 12.6 Å². The second-order valence-electron chi connectivity index (χ2n) is 9.27. The second-order valence-corrected chi connectivity index (χ2v) is 11.2. The van der Waals surface area contributed by atoms with Crippen LogP contribution in [0.5, 0.6) is 0 Å². The molecule has 3 rings (SSSR count). The fourth-order valence-electron chi connectivity index (χ4n) is 4.27. The molecule has 11 heteroatoms. The van der Waals surface area contributed by atoms with E-state index < -0.39 is 39.3 Å². The predicted octanol–water partition coefficient (Wildman–Crippen LogP) is 3.36. The molecule has 0 unspecified atom stereocenters. The Labute approximate surface area is 228 Å². The number of nitrogens with zero attached hydrogens (tertiary/aromatic N) is 3. The van der Waals surface area contributed by atoms with E-state index in [9.17, 15) is 28.1 Å². The predicted molar refractivity (Wildman–Crippen MR) is 150 cm³/mol. The topological polar surface area (TPSA) is 130 Å². The highest BCUT2D eigenvalue weighted by atomic mass is 32.2. The highest BCUT2D eigenvalue weighted by Gasteiger charge is 2.33. The van der Waals surface area contributed by atoms with Gasteiger partial charge in [0.25, 0.3) is 5.69 Å². The van der Waals surface area contributed by atoms with E-state index in [2.05, 4.69) is 5.32 Å². The fraction of sp³-hybridized carbons (Fsp3) is 0.286. The van der Waals surface area contributed by atoms with Gasteiger partial charge in [-0.15, -0.1) is 0 Å². The number of hydrogen-bond donors (Lipinski definition) is 1. The van der Waals surface area contributed by atoms with Crippen LogP contribution in [0, 0.1) is 24.0 Å². The number of rotatable bonds is 11. The summed E-state index contributed by atoms with van der Waals surface area (Å²) in [6.07, 6.45) is 1.14. The summed E-state index contributed by atoms with van der Waals surface area (Å²) in [7, 11) is -2.56. The Kier molecular flexibility index (Phi) is 9.42. The first kappa shape index (κ1) is 29.3. The van der Waals surface area contributed by atoms with Crippen LogP contribution in [0.4, 0.5) is 11.4 Å². The van der Waals surface area contributed by atoms with E-state index in [0.717, 1.165) is 33.3 Å². The molecule has 0 saturated heterocycles. The van der Waals surface area contributed by atoms with Crippen molar-refractivity contribution < 1.29 is 22.9 Å². The number of sulfonamides is 1. The maximum atomic E-state index is 14.0. The Hall–Kier alpha value is -4.25. The second kappa shape index (κ2) is 12.5. The van der Waals surface area contributed by atoms with Crippen LogP contribution in [0.2, 0.25) is 0 Å². The van der Waals surface area contributed by atoms with E-state index in [0.29, 0.717) is 5.56 Å². The smallest absolute Gasteiger partial charge is 0.271 e. The number of likely N-dealkylation sites (N-methyl/N-ethyl adjacent to an activating group) is 1. The molecule has 0 saturated carbocycles. The Bertz CT molecular complexity index is 1460. The van der Waals surface area contributed by atoms with Gasteiger partial charge in [-0.25, -0.2) is 8.42 Å². The molecule has 10 nitrogen and oxygen atoms in total. The Morgan fingerprint density at radius 1 is 0.974 bits per heavy atom. The molecule has 0 aliphatic heterocycles. The highest BCUT2D eigenvalue weighted by Crippen LogP contribution is 2.28. The van der Waals surface area contributed by atoms with Gasteiger partial charge in [-0.05, 0) is 36.1 Å². The van der Waals surface area contributed by atoms with Gasteiger partial charge < -0.3 is 10.2 Å². The number of benzene rings is 3. The monoisotopic (exact) mass is 552 g/mol.